The third kappa shape index (κ3) is 5.41. The largest absolute Gasteiger partial charge is 1.00 e. The van der Waals surface area contributed by atoms with Gasteiger partial charge in [-0.15, -0.1) is 0 Å². The van der Waals surface area contributed by atoms with E-state index in [9.17, 15) is 4.79 Å². The molecule has 2 aromatic rings. The summed E-state index contributed by atoms with van der Waals surface area (Å²) in [7, 11) is 0. The Bertz CT molecular complexity index is 593. The number of carbonyl (C=O) groups is 1. The van der Waals surface area contributed by atoms with Crippen molar-refractivity contribution in [2.45, 2.75) is 26.9 Å². The molecule has 1 N–H and O–H groups in total. The first kappa shape index (κ1) is 18.7. The fraction of sp³-hybridized carbons (Fsp3) is 0.333. The van der Waals surface area contributed by atoms with E-state index in [1.54, 1.807) is 6.92 Å². The molecule has 6 heteroatoms. The van der Waals surface area contributed by atoms with Crippen LogP contribution in [-0.2, 0) is 22.6 Å². The van der Waals surface area contributed by atoms with E-state index < -0.39 is 5.91 Å². The third-order valence-corrected chi connectivity index (χ3v) is 2.97. The number of amides is 1. The molecule has 2 rings (SSSR count). The van der Waals surface area contributed by atoms with Gasteiger partial charge in [0, 0.05) is 5.56 Å². The van der Waals surface area contributed by atoms with Gasteiger partial charge in [0.2, 0.25) is 5.89 Å². The number of aryl methyl sites for hydroxylation is 2. The summed E-state index contributed by atoms with van der Waals surface area (Å²) in [5.41, 5.74) is 9.59. The number of nitrogens with zero attached hydrogens (tertiary/aromatic N) is 1. The summed E-state index contributed by atoms with van der Waals surface area (Å²) >= 11 is 0. The molecule has 0 aliphatic carbocycles. The summed E-state index contributed by atoms with van der Waals surface area (Å²) in [6.45, 7) is 3.85. The maximum Gasteiger partial charge on any atom is 1.00 e. The van der Waals surface area contributed by atoms with Gasteiger partial charge >= 0.3 is 58.2 Å². The van der Waals surface area contributed by atoms with Crippen molar-refractivity contribution in [3.05, 3.63) is 47.0 Å². The molecule has 0 aliphatic rings. The van der Waals surface area contributed by atoms with Crippen molar-refractivity contribution < 1.29 is 72.1 Å². The summed E-state index contributed by atoms with van der Waals surface area (Å²) in [5.74, 6) is 0.458. The van der Waals surface area contributed by atoms with Crippen molar-refractivity contribution in [3.8, 4) is 11.5 Å². The molecule has 0 fully saturated rings. The molecule has 5 nitrogen and oxygen atoms in total. The molecule has 0 aliphatic heterocycles. The summed E-state index contributed by atoms with van der Waals surface area (Å²) in [6, 6.07) is 8.04. The first-order valence-corrected chi connectivity index (χ1v) is 6.48. The van der Waals surface area contributed by atoms with E-state index in [0.717, 1.165) is 12.0 Å². The Morgan fingerprint density at radius 2 is 2.00 bits per heavy atom. The predicted octanol–water partition coefficient (Wildman–Crippen LogP) is 0.312. The van der Waals surface area contributed by atoms with Crippen molar-refractivity contribution in [3.63, 3.8) is 0 Å². The molecule has 0 spiro atoms. The second-order valence-corrected chi connectivity index (χ2v) is 4.49. The van der Waals surface area contributed by atoms with Gasteiger partial charge in [0.05, 0.1) is 19.1 Å². The van der Waals surface area contributed by atoms with Crippen molar-refractivity contribution in [1.29, 1.82) is 0 Å². The maximum atomic E-state index is 10.5. The van der Waals surface area contributed by atoms with E-state index in [-0.39, 0.29) is 71.4 Å². The van der Waals surface area contributed by atoms with Gasteiger partial charge in [-0.2, -0.15) is 0 Å². The number of carbonyl (C=O) groups excluding carboxylic acids is 1. The molecule has 0 bridgehead atoms. The van der Waals surface area contributed by atoms with Crippen molar-refractivity contribution in [1.82, 2.24) is 4.98 Å². The fourth-order valence-electron chi connectivity index (χ4n) is 1.81. The molecule has 1 amide bonds. The molecule has 106 valence electrons. The van der Waals surface area contributed by atoms with E-state index in [2.05, 4.69) is 11.9 Å². The second kappa shape index (κ2) is 8.95. The molecule has 0 atom stereocenters. The van der Waals surface area contributed by atoms with Crippen LogP contribution in [0.2, 0.25) is 0 Å². The third-order valence-electron chi connectivity index (χ3n) is 2.97. The van der Waals surface area contributed by atoms with Gasteiger partial charge in [-0.3, -0.25) is 0 Å². The number of oxazole rings is 1. The van der Waals surface area contributed by atoms with Gasteiger partial charge in [-0.25, -0.2) is 4.98 Å². The molecule has 1 aromatic carbocycles. The molecule has 1 aromatic heterocycles. The van der Waals surface area contributed by atoms with Crippen molar-refractivity contribution >= 4 is 5.91 Å². The monoisotopic (exact) mass is 358 g/mol. The smallest absolute Gasteiger partial charge is 0.666 e. The second-order valence-electron chi connectivity index (χ2n) is 4.49. The molecule has 1 heterocycles. The van der Waals surface area contributed by atoms with Crippen LogP contribution in [0.15, 0.2) is 28.7 Å². The number of aromatic nitrogens is 1. The Balaban J connectivity index is 0.00000220. The van der Waals surface area contributed by atoms with Gasteiger partial charge in [0.1, 0.15) is 11.5 Å². The van der Waals surface area contributed by atoms with Gasteiger partial charge in [0.25, 0.3) is 0 Å². The van der Waals surface area contributed by atoms with Crippen molar-refractivity contribution in [2.75, 3.05) is 6.61 Å². The topological polar surface area (TPSA) is 76.1 Å². The molecule has 21 heavy (non-hydrogen) atoms. The Labute approximate surface area is 173 Å². The number of hydrogen-bond donors (Lipinski definition) is 0. The van der Waals surface area contributed by atoms with Crippen LogP contribution in [0.1, 0.15) is 23.9 Å². The quantitative estimate of drug-likeness (QED) is 0.745. The maximum absolute atomic E-state index is 10.5. The van der Waals surface area contributed by atoms with Crippen LogP contribution < -0.4 is 58.2 Å². The first-order valence-electron chi connectivity index (χ1n) is 6.48. The Kier molecular flexibility index (Phi) is 7.98. The Morgan fingerprint density at radius 3 is 2.57 bits per heavy atom. The zero-order valence-corrected chi connectivity index (χ0v) is 17.5. The van der Waals surface area contributed by atoms with Gasteiger partial charge < -0.3 is 19.7 Å². The van der Waals surface area contributed by atoms with E-state index in [1.165, 1.54) is 5.56 Å². The minimum atomic E-state index is -0.749. The summed E-state index contributed by atoms with van der Waals surface area (Å²) in [6.07, 6.45) is 0.991. The van der Waals surface area contributed by atoms with Crippen LogP contribution in [0.3, 0.4) is 0 Å². The van der Waals surface area contributed by atoms with Crippen LogP contribution in [0.4, 0.5) is 0 Å². The minimum absolute atomic E-state index is 0. The Hall–Kier alpha value is -0.335. The SMILES string of the molecule is CCc1ccc(-c2nc(COCC([NH-])=O)c(C)o2)cc1.[Rb+]. The fourth-order valence-corrected chi connectivity index (χ4v) is 1.81. The van der Waals surface area contributed by atoms with Crippen LogP contribution >= 0.6 is 0 Å². The average Bonchev–Trinajstić information content (AvgIpc) is 2.80. The van der Waals surface area contributed by atoms with E-state index >= 15 is 0 Å². The summed E-state index contributed by atoms with van der Waals surface area (Å²) in [4.78, 5) is 14.9. The Morgan fingerprint density at radius 1 is 1.33 bits per heavy atom. The number of hydrogen-bond acceptors (Lipinski definition) is 4. The number of nitrogens with one attached hydrogen (secondary N) is 1. The van der Waals surface area contributed by atoms with Crippen LogP contribution in [0.5, 0.6) is 0 Å². The minimum Gasteiger partial charge on any atom is -0.666 e. The van der Waals surface area contributed by atoms with E-state index in [0.29, 0.717) is 17.3 Å². The molecular weight excluding hydrogens is 342 g/mol. The number of ether oxygens (including phenoxy) is 1. The standard InChI is InChI=1S/C15H18N2O3.Rb/c1-3-11-4-6-12(7-5-11)15-17-13(10(2)20-15)8-19-9-14(16)18;/h4-7H,3,8-9H2,1-2H3,(H2,16,18);/q;+1/p-1. The molecule has 0 radical (unpaired) electrons. The zero-order chi connectivity index (χ0) is 14.5. The van der Waals surface area contributed by atoms with Gasteiger partial charge in [-0.05, 0) is 31.0 Å². The van der Waals surface area contributed by atoms with Crippen molar-refractivity contribution in [2.24, 2.45) is 0 Å². The molecule has 0 unspecified atom stereocenters. The molecule has 0 saturated carbocycles. The zero-order valence-electron chi connectivity index (χ0n) is 12.6. The van der Waals surface area contributed by atoms with Gasteiger partial charge in [0.15, 0.2) is 0 Å². The van der Waals surface area contributed by atoms with Gasteiger partial charge in [-0.1, -0.05) is 19.1 Å². The van der Waals surface area contributed by atoms with Crippen LogP contribution in [-0.4, -0.2) is 17.5 Å². The first-order chi connectivity index (χ1) is 9.60. The van der Waals surface area contributed by atoms with Crippen LogP contribution in [0, 0.1) is 6.92 Å². The average molecular weight is 359 g/mol. The normalized spacial score (nSPS) is 10.2. The van der Waals surface area contributed by atoms with Crippen LogP contribution in [0.25, 0.3) is 17.2 Å². The number of rotatable bonds is 6. The summed E-state index contributed by atoms with van der Waals surface area (Å²) < 4.78 is 10.7. The molecule has 0 saturated heterocycles. The number of benzene rings is 1. The summed E-state index contributed by atoms with van der Waals surface area (Å²) in [5, 5.41) is 0. The molecular formula is C15H17N2O3Rb. The van der Waals surface area contributed by atoms with E-state index in [4.69, 9.17) is 14.9 Å². The predicted molar refractivity (Wildman–Crippen MR) is 75.0 cm³/mol. The van der Waals surface area contributed by atoms with E-state index in [1.807, 2.05) is 24.3 Å².